The van der Waals surface area contributed by atoms with Gasteiger partial charge in [-0.2, -0.15) is 5.10 Å². The normalized spacial score (nSPS) is 16.4. The molecule has 27 heavy (non-hydrogen) atoms. The highest BCUT2D eigenvalue weighted by Gasteiger charge is 2.25. The lowest BCUT2D eigenvalue weighted by atomic mass is 10.1. The van der Waals surface area contributed by atoms with Gasteiger partial charge in [0.05, 0.1) is 5.69 Å². The summed E-state index contributed by atoms with van der Waals surface area (Å²) in [6.45, 7) is 2.16. The third-order valence-electron chi connectivity index (χ3n) is 4.68. The SMILES string of the molecule is O=C(CCn1cccn1)NC1CCN(c2nccc(-c3ccccc3)n2)C1. The van der Waals surface area contributed by atoms with Crippen LogP contribution in [0, 0.1) is 0 Å². The smallest absolute Gasteiger partial charge is 0.225 e. The Hall–Kier alpha value is -3.22. The maximum atomic E-state index is 12.2. The summed E-state index contributed by atoms with van der Waals surface area (Å²) in [5, 5.41) is 7.23. The second-order valence-electron chi connectivity index (χ2n) is 6.63. The number of hydrogen-bond acceptors (Lipinski definition) is 5. The van der Waals surface area contributed by atoms with Crippen molar-refractivity contribution < 1.29 is 4.79 Å². The Kier molecular flexibility index (Phi) is 5.09. The molecule has 7 nitrogen and oxygen atoms in total. The summed E-state index contributed by atoms with van der Waals surface area (Å²) >= 11 is 0. The number of nitrogens with one attached hydrogen (secondary N) is 1. The molecule has 1 saturated heterocycles. The number of aryl methyl sites for hydroxylation is 1. The number of carbonyl (C=O) groups is 1. The van der Waals surface area contributed by atoms with Crippen LogP contribution in [0.25, 0.3) is 11.3 Å². The molecule has 0 radical (unpaired) electrons. The number of aromatic nitrogens is 4. The van der Waals surface area contributed by atoms with Gasteiger partial charge in [0.1, 0.15) is 0 Å². The van der Waals surface area contributed by atoms with Crippen molar-refractivity contribution in [1.29, 1.82) is 0 Å². The van der Waals surface area contributed by atoms with E-state index in [1.54, 1.807) is 17.1 Å². The van der Waals surface area contributed by atoms with Gasteiger partial charge in [-0.05, 0) is 18.6 Å². The van der Waals surface area contributed by atoms with Crippen molar-refractivity contribution in [3.8, 4) is 11.3 Å². The van der Waals surface area contributed by atoms with Crippen LogP contribution in [0.3, 0.4) is 0 Å². The lowest BCUT2D eigenvalue weighted by Gasteiger charge is -2.17. The Bertz CT molecular complexity index is 881. The van der Waals surface area contributed by atoms with Gasteiger partial charge in [0.15, 0.2) is 0 Å². The van der Waals surface area contributed by atoms with Crippen LogP contribution >= 0.6 is 0 Å². The first-order valence-electron chi connectivity index (χ1n) is 9.18. The minimum atomic E-state index is 0.0521. The van der Waals surface area contributed by atoms with E-state index in [0.29, 0.717) is 18.9 Å². The largest absolute Gasteiger partial charge is 0.351 e. The Morgan fingerprint density at radius 1 is 1.15 bits per heavy atom. The summed E-state index contributed by atoms with van der Waals surface area (Å²) < 4.78 is 1.77. The molecular formula is C20H22N6O. The molecule has 4 rings (SSSR count). The fraction of sp³-hybridized carbons (Fsp3) is 0.300. The average molecular weight is 362 g/mol. The van der Waals surface area contributed by atoms with Crippen LogP contribution in [0.1, 0.15) is 12.8 Å². The third-order valence-corrected chi connectivity index (χ3v) is 4.68. The van der Waals surface area contributed by atoms with Crippen molar-refractivity contribution in [2.75, 3.05) is 18.0 Å². The van der Waals surface area contributed by atoms with Crippen molar-refractivity contribution in [2.24, 2.45) is 0 Å². The molecule has 1 N–H and O–H groups in total. The molecule has 3 heterocycles. The molecule has 1 aromatic carbocycles. The first-order valence-corrected chi connectivity index (χ1v) is 9.18. The molecule has 1 atom stereocenters. The van der Waals surface area contributed by atoms with Gasteiger partial charge >= 0.3 is 0 Å². The van der Waals surface area contributed by atoms with Crippen LogP contribution in [-0.2, 0) is 11.3 Å². The monoisotopic (exact) mass is 362 g/mol. The fourth-order valence-corrected chi connectivity index (χ4v) is 3.28. The minimum Gasteiger partial charge on any atom is -0.351 e. The molecule has 1 aliphatic heterocycles. The van der Waals surface area contributed by atoms with E-state index in [0.717, 1.165) is 30.8 Å². The molecule has 7 heteroatoms. The van der Waals surface area contributed by atoms with Crippen LogP contribution in [0.4, 0.5) is 5.95 Å². The number of rotatable bonds is 6. The van der Waals surface area contributed by atoms with Gasteiger partial charge in [-0.1, -0.05) is 30.3 Å². The zero-order valence-corrected chi connectivity index (χ0v) is 15.0. The summed E-state index contributed by atoms with van der Waals surface area (Å²) in [5.74, 6) is 0.765. The van der Waals surface area contributed by atoms with E-state index in [9.17, 15) is 4.79 Å². The molecule has 0 saturated carbocycles. The van der Waals surface area contributed by atoms with Crippen LogP contribution in [-0.4, -0.2) is 44.8 Å². The highest BCUT2D eigenvalue weighted by atomic mass is 16.1. The molecule has 1 amide bonds. The molecule has 138 valence electrons. The molecular weight excluding hydrogens is 340 g/mol. The highest BCUT2D eigenvalue weighted by Crippen LogP contribution is 2.21. The maximum Gasteiger partial charge on any atom is 0.225 e. The van der Waals surface area contributed by atoms with E-state index in [1.165, 1.54) is 0 Å². The summed E-state index contributed by atoms with van der Waals surface area (Å²) in [5.41, 5.74) is 1.98. The molecule has 2 aromatic heterocycles. The van der Waals surface area contributed by atoms with E-state index in [4.69, 9.17) is 4.98 Å². The van der Waals surface area contributed by atoms with E-state index >= 15 is 0 Å². The number of amides is 1. The number of hydrogen-bond donors (Lipinski definition) is 1. The quantitative estimate of drug-likeness (QED) is 0.727. The number of anilines is 1. The van der Waals surface area contributed by atoms with Crippen molar-refractivity contribution in [1.82, 2.24) is 25.1 Å². The third kappa shape index (κ3) is 4.31. The molecule has 0 bridgehead atoms. The molecule has 1 aliphatic rings. The van der Waals surface area contributed by atoms with E-state index in [2.05, 4.69) is 20.3 Å². The summed E-state index contributed by atoms with van der Waals surface area (Å²) in [7, 11) is 0. The van der Waals surface area contributed by atoms with E-state index in [1.807, 2.05) is 48.7 Å². The predicted octanol–water partition coefficient (Wildman–Crippen LogP) is 2.13. The molecule has 3 aromatic rings. The van der Waals surface area contributed by atoms with Gasteiger partial charge in [-0.25, -0.2) is 9.97 Å². The lowest BCUT2D eigenvalue weighted by Crippen LogP contribution is -2.37. The van der Waals surface area contributed by atoms with Gasteiger partial charge in [0.2, 0.25) is 11.9 Å². The van der Waals surface area contributed by atoms with Crippen molar-refractivity contribution >= 4 is 11.9 Å². The number of carbonyl (C=O) groups excluding carboxylic acids is 1. The van der Waals surface area contributed by atoms with Crippen molar-refractivity contribution in [3.05, 3.63) is 61.1 Å². The first-order chi connectivity index (χ1) is 13.3. The maximum absolute atomic E-state index is 12.2. The lowest BCUT2D eigenvalue weighted by molar-refractivity contribution is -0.121. The first kappa shape index (κ1) is 17.2. The second kappa shape index (κ2) is 7.99. The Morgan fingerprint density at radius 2 is 2.04 bits per heavy atom. The van der Waals surface area contributed by atoms with Gasteiger partial charge < -0.3 is 10.2 Å². The van der Waals surface area contributed by atoms with Crippen LogP contribution in [0.2, 0.25) is 0 Å². The molecule has 0 aliphatic carbocycles. The highest BCUT2D eigenvalue weighted by molar-refractivity contribution is 5.76. The van der Waals surface area contributed by atoms with Gasteiger partial charge in [0, 0.05) is 56.3 Å². The van der Waals surface area contributed by atoms with Crippen molar-refractivity contribution in [2.45, 2.75) is 25.4 Å². The second-order valence-corrected chi connectivity index (χ2v) is 6.63. The summed E-state index contributed by atoms with van der Waals surface area (Å²) in [4.78, 5) is 23.4. The van der Waals surface area contributed by atoms with Crippen LogP contribution < -0.4 is 10.2 Å². The Balaban J connectivity index is 1.33. The standard InChI is InChI=1S/C20H22N6O/c27-19(9-14-26-12-4-10-22-26)23-17-8-13-25(15-17)20-21-11-7-18(24-20)16-5-2-1-3-6-16/h1-7,10-12,17H,8-9,13-15H2,(H,23,27). The number of nitrogens with zero attached hydrogens (tertiary/aromatic N) is 5. The van der Waals surface area contributed by atoms with Gasteiger partial charge in [0.25, 0.3) is 0 Å². The van der Waals surface area contributed by atoms with Crippen molar-refractivity contribution in [3.63, 3.8) is 0 Å². The van der Waals surface area contributed by atoms with Gasteiger partial charge in [-0.3, -0.25) is 9.48 Å². The Morgan fingerprint density at radius 3 is 2.85 bits per heavy atom. The zero-order valence-electron chi connectivity index (χ0n) is 15.0. The number of benzene rings is 1. The summed E-state index contributed by atoms with van der Waals surface area (Å²) in [6.07, 6.45) is 6.70. The molecule has 1 fully saturated rings. The van der Waals surface area contributed by atoms with E-state index < -0.39 is 0 Å². The zero-order chi connectivity index (χ0) is 18.5. The molecule has 0 spiro atoms. The van der Waals surface area contributed by atoms with Gasteiger partial charge in [-0.15, -0.1) is 0 Å². The van der Waals surface area contributed by atoms with E-state index in [-0.39, 0.29) is 11.9 Å². The average Bonchev–Trinajstić information content (AvgIpc) is 3.39. The van der Waals surface area contributed by atoms with Crippen LogP contribution in [0.5, 0.6) is 0 Å². The topological polar surface area (TPSA) is 75.9 Å². The Labute approximate surface area is 158 Å². The predicted molar refractivity (Wildman–Crippen MR) is 103 cm³/mol. The summed E-state index contributed by atoms with van der Waals surface area (Å²) in [6, 6.07) is 14.0. The fourth-order valence-electron chi connectivity index (χ4n) is 3.28. The van der Waals surface area contributed by atoms with Crippen LogP contribution in [0.15, 0.2) is 61.1 Å². The minimum absolute atomic E-state index is 0.0521. The molecule has 1 unspecified atom stereocenters.